The predicted octanol–water partition coefficient (Wildman–Crippen LogP) is 5.37. The molecule has 18 heavy (non-hydrogen) atoms. The van der Waals surface area contributed by atoms with Crippen molar-refractivity contribution in [2.24, 2.45) is 0 Å². The minimum absolute atomic E-state index is 0.672. The van der Waals surface area contributed by atoms with Crippen LogP contribution in [-0.4, -0.2) is 5.71 Å². The molecule has 0 aliphatic heterocycles. The number of hydrogen-bond acceptors (Lipinski definition) is 1. The summed E-state index contributed by atoms with van der Waals surface area (Å²) in [5, 5.41) is 8.26. The lowest BCUT2D eigenvalue weighted by Crippen LogP contribution is -2.04. The largest absolute Gasteiger partial charge is 0.301 e. The van der Waals surface area contributed by atoms with Gasteiger partial charge in [-0.25, -0.2) is 0 Å². The monoisotopic (exact) mass is 243 g/mol. The van der Waals surface area contributed by atoms with Gasteiger partial charge in [-0.15, -0.1) is 0 Å². The third-order valence-electron chi connectivity index (χ3n) is 3.40. The molecule has 0 aromatic carbocycles. The van der Waals surface area contributed by atoms with Gasteiger partial charge in [-0.3, -0.25) is 0 Å². The molecule has 1 N–H and O–H groups in total. The van der Waals surface area contributed by atoms with Crippen LogP contribution >= 0.6 is 0 Å². The predicted molar refractivity (Wildman–Crippen MR) is 81.2 cm³/mol. The maximum Gasteiger partial charge on any atom is 0.0577 e. The fraction of sp³-hybridized carbons (Fsp3) is 0.471. The molecule has 1 heteroatoms. The minimum atomic E-state index is 0.672. The highest BCUT2D eigenvalue weighted by Gasteiger charge is 2.10. The van der Waals surface area contributed by atoms with Gasteiger partial charge in [-0.1, -0.05) is 37.6 Å². The molecule has 0 spiro atoms. The van der Waals surface area contributed by atoms with Gasteiger partial charge in [0.25, 0.3) is 0 Å². The van der Waals surface area contributed by atoms with Crippen LogP contribution in [0.25, 0.3) is 0 Å². The van der Waals surface area contributed by atoms with E-state index in [9.17, 15) is 0 Å². The molecule has 1 rings (SSSR count). The van der Waals surface area contributed by atoms with E-state index in [0.717, 1.165) is 24.8 Å². The highest BCUT2D eigenvalue weighted by Crippen LogP contribution is 2.22. The van der Waals surface area contributed by atoms with E-state index in [4.69, 9.17) is 5.41 Å². The summed E-state index contributed by atoms with van der Waals surface area (Å²) in [6.45, 7) is 10.4. The van der Waals surface area contributed by atoms with Crippen molar-refractivity contribution in [1.29, 1.82) is 5.41 Å². The van der Waals surface area contributed by atoms with Crippen molar-refractivity contribution in [3.63, 3.8) is 0 Å². The molecule has 1 aliphatic rings. The second kappa shape index (κ2) is 7.15. The topological polar surface area (TPSA) is 23.9 Å². The number of allylic oxidation sites excluding steroid dienone is 7. The first-order chi connectivity index (χ1) is 8.56. The number of nitrogens with one attached hydrogen (secondary N) is 1. The zero-order valence-corrected chi connectivity index (χ0v) is 12.0. The Bertz CT molecular complexity index is 419. The third-order valence-corrected chi connectivity index (χ3v) is 3.40. The van der Waals surface area contributed by atoms with E-state index in [0.29, 0.717) is 5.71 Å². The van der Waals surface area contributed by atoms with Crippen LogP contribution in [-0.2, 0) is 0 Å². The van der Waals surface area contributed by atoms with Crippen LogP contribution < -0.4 is 0 Å². The molecular formula is C17H25N. The molecule has 0 saturated heterocycles. The maximum atomic E-state index is 8.26. The number of hydrogen-bond donors (Lipinski definition) is 1. The summed E-state index contributed by atoms with van der Waals surface area (Å²) in [5.74, 6) is 0. The van der Waals surface area contributed by atoms with E-state index in [1.807, 2.05) is 13.0 Å². The van der Waals surface area contributed by atoms with Crippen molar-refractivity contribution >= 4 is 5.71 Å². The minimum Gasteiger partial charge on any atom is -0.301 e. The summed E-state index contributed by atoms with van der Waals surface area (Å²) >= 11 is 0. The molecule has 0 fully saturated rings. The molecular weight excluding hydrogens is 218 g/mol. The molecule has 98 valence electrons. The van der Waals surface area contributed by atoms with Gasteiger partial charge in [-0.2, -0.15) is 0 Å². The summed E-state index contributed by atoms with van der Waals surface area (Å²) in [7, 11) is 0. The highest BCUT2D eigenvalue weighted by atomic mass is 14.4. The van der Waals surface area contributed by atoms with E-state index in [2.05, 4.69) is 32.6 Å². The van der Waals surface area contributed by atoms with Gasteiger partial charge in [0.15, 0.2) is 0 Å². The first-order valence-electron chi connectivity index (χ1n) is 6.88. The summed E-state index contributed by atoms with van der Waals surface area (Å²) in [6.07, 6.45) is 11.8. The second-order valence-electron chi connectivity index (χ2n) is 5.07. The fourth-order valence-electron chi connectivity index (χ4n) is 2.17. The van der Waals surface area contributed by atoms with Gasteiger partial charge >= 0.3 is 0 Å². The fourth-order valence-corrected chi connectivity index (χ4v) is 2.17. The average Bonchev–Trinajstić information content (AvgIpc) is 2.34. The summed E-state index contributed by atoms with van der Waals surface area (Å²) in [5.41, 5.74) is 5.42. The Morgan fingerprint density at radius 2 is 2.22 bits per heavy atom. The third kappa shape index (κ3) is 4.14. The second-order valence-corrected chi connectivity index (χ2v) is 5.07. The van der Waals surface area contributed by atoms with Crippen LogP contribution in [0.2, 0.25) is 0 Å². The zero-order valence-electron chi connectivity index (χ0n) is 12.0. The van der Waals surface area contributed by atoms with Crippen LogP contribution in [0.15, 0.2) is 47.1 Å². The van der Waals surface area contributed by atoms with Crippen LogP contribution in [0.4, 0.5) is 0 Å². The number of rotatable bonds is 6. The molecule has 0 aromatic rings. The van der Waals surface area contributed by atoms with Crippen molar-refractivity contribution in [2.45, 2.75) is 52.9 Å². The van der Waals surface area contributed by atoms with Crippen LogP contribution in [0, 0.1) is 5.41 Å². The lowest BCUT2D eigenvalue weighted by atomic mass is 9.92. The molecule has 0 radical (unpaired) electrons. The van der Waals surface area contributed by atoms with Crippen LogP contribution in [0.1, 0.15) is 52.9 Å². The highest BCUT2D eigenvalue weighted by molar-refractivity contribution is 6.07. The lowest BCUT2D eigenvalue weighted by molar-refractivity contribution is 0.792. The van der Waals surface area contributed by atoms with Crippen LogP contribution in [0.3, 0.4) is 0 Å². The van der Waals surface area contributed by atoms with Crippen molar-refractivity contribution in [3.8, 4) is 0 Å². The lowest BCUT2D eigenvalue weighted by Gasteiger charge is -2.14. The van der Waals surface area contributed by atoms with Gasteiger partial charge in [0.1, 0.15) is 0 Å². The average molecular weight is 243 g/mol. The Labute approximate surface area is 111 Å². The molecule has 0 amide bonds. The molecule has 0 atom stereocenters. The van der Waals surface area contributed by atoms with Crippen LogP contribution in [0.5, 0.6) is 0 Å². The van der Waals surface area contributed by atoms with Gasteiger partial charge in [0, 0.05) is 0 Å². The van der Waals surface area contributed by atoms with Gasteiger partial charge < -0.3 is 5.41 Å². The van der Waals surface area contributed by atoms with E-state index < -0.39 is 0 Å². The van der Waals surface area contributed by atoms with Crippen molar-refractivity contribution < 1.29 is 0 Å². The first kappa shape index (κ1) is 14.7. The molecule has 1 nitrogen and oxygen atoms in total. The number of unbranched alkanes of at least 4 members (excludes halogenated alkanes) is 1. The summed E-state index contributed by atoms with van der Waals surface area (Å²) < 4.78 is 0. The van der Waals surface area contributed by atoms with Gasteiger partial charge in [0.05, 0.1) is 5.71 Å². The molecule has 1 aliphatic carbocycles. The van der Waals surface area contributed by atoms with E-state index in [1.165, 1.54) is 29.6 Å². The summed E-state index contributed by atoms with van der Waals surface area (Å²) in [6, 6.07) is 0. The van der Waals surface area contributed by atoms with E-state index in [1.54, 1.807) is 0 Å². The Morgan fingerprint density at radius 3 is 2.78 bits per heavy atom. The normalized spacial score (nSPS) is 16.1. The van der Waals surface area contributed by atoms with E-state index in [-0.39, 0.29) is 0 Å². The van der Waals surface area contributed by atoms with Crippen molar-refractivity contribution in [1.82, 2.24) is 0 Å². The zero-order chi connectivity index (χ0) is 13.5. The Morgan fingerprint density at radius 1 is 1.50 bits per heavy atom. The van der Waals surface area contributed by atoms with Crippen molar-refractivity contribution in [3.05, 3.63) is 47.1 Å². The standard InChI is InChI=1S/C17H25N/c1-5-6-10-15(13(2)3)12-17(18)16-11-8-7-9-14(16)4/h7,9,12,18H,2,5-6,8,10-11H2,1,3-4H3. The molecule has 0 saturated carbocycles. The smallest absolute Gasteiger partial charge is 0.0577 e. The first-order valence-corrected chi connectivity index (χ1v) is 6.88. The molecule has 0 unspecified atom stereocenters. The SMILES string of the molecule is C=C(C)C(=CC(=N)C1=C(C)C=CCC1)CCCC. The maximum absolute atomic E-state index is 8.26. The molecule has 0 aromatic heterocycles. The summed E-state index contributed by atoms with van der Waals surface area (Å²) in [4.78, 5) is 0. The van der Waals surface area contributed by atoms with Crippen molar-refractivity contribution in [2.75, 3.05) is 0 Å². The molecule has 0 heterocycles. The Balaban J connectivity index is 2.87. The quantitative estimate of drug-likeness (QED) is 0.479. The van der Waals surface area contributed by atoms with E-state index >= 15 is 0 Å². The van der Waals surface area contributed by atoms with Gasteiger partial charge in [0.2, 0.25) is 0 Å². The Hall–Kier alpha value is -1.37. The van der Waals surface area contributed by atoms with Gasteiger partial charge in [-0.05, 0) is 62.3 Å². The Kier molecular flexibility index (Phi) is 5.84. The molecule has 0 bridgehead atoms.